The van der Waals surface area contributed by atoms with E-state index in [2.05, 4.69) is 15.3 Å². The van der Waals surface area contributed by atoms with Gasteiger partial charge in [-0.1, -0.05) is 0 Å². The fourth-order valence-corrected chi connectivity index (χ4v) is 2.41. The number of methoxy groups -OCH3 is 1. The minimum atomic E-state index is -0.386. The molecule has 0 unspecified atom stereocenters. The predicted octanol–water partition coefficient (Wildman–Crippen LogP) is 1.92. The quantitative estimate of drug-likeness (QED) is 0.870. The van der Waals surface area contributed by atoms with Crippen molar-refractivity contribution >= 4 is 17.5 Å². The fraction of sp³-hybridized carbons (Fsp3) is 0.333. The monoisotopic (exact) mass is 302 g/mol. The molecular formula is C15H18N4O3. The maximum atomic E-state index is 11.7. The highest BCUT2D eigenvalue weighted by atomic mass is 16.5. The van der Waals surface area contributed by atoms with Crippen LogP contribution in [-0.4, -0.2) is 36.1 Å². The summed E-state index contributed by atoms with van der Waals surface area (Å²) in [6.07, 6.45) is 1.52. The Morgan fingerprint density at radius 3 is 2.82 bits per heavy atom. The standard InChI is InChI=1S/C15H18N4O3/c1-3-22-12-6-4-11(5-7-12)18-9-16-14-13(15(20)21-2)8-17-19(14)10-18/h4-8,16H,3,9-10H2,1-2H3. The van der Waals surface area contributed by atoms with Gasteiger partial charge in [0.1, 0.15) is 23.8 Å². The molecule has 0 radical (unpaired) electrons. The van der Waals surface area contributed by atoms with Crippen LogP contribution in [0.2, 0.25) is 0 Å². The van der Waals surface area contributed by atoms with Gasteiger partial charge in [-0.15, -0.1) is 0 Å². The third-order valence-corrected chi connectivity index (χ3v) is 3.50. The SMILES string of the molecule is CCOc1ccc(N2CNc3c(C(=O)OC)cnn3C2)cc1. The Kier molecular flexibility index (Phi) is 3.86. The van der Waals surface area contributed by atoms with E-state index in [-0.39, 0.29) is 5.97 Å². The summed E-state index contributed by atoms with van der Waals surface area (Å²) in [7, 11) is 1.36. The van der Waals surface area contributed by atoms with Gasteiger partial charge in [-0.3, -0.25) is 0 Å². The van der Waals surface area contributed by atoms with Gasteiger partial charge >= 0.3 is 5.97 Å². The normalized spacial score (nSPS) is 13.3. The summed E-state index contributed by atoms with van der Waals surface area (Å²) in [5.41, 5.74) is 1.51. The Morgan fingerprint density at radius 1 is 1.36 bits per heavy atom. The Balaban J connectivity index is 1.77. The molecule has 1 aliphatic heterocycles. The van der Waals surface area contributed by atoms with E-state index in [4.69, 9.17) is 9.47 Å². The van der Waals surface area contributed by atoms with Gasteiger partial charge in [0.05, 0.1) is 26.6 Å². The maximum Gasteiger partial charge on any atom is 0.343 e. The summed E-state index contributed by atoms with van der Waals surface area (Å²) >= 11 is 0. The molecule has 1 aliphatic rings. The topological polar surface area (TPSA) is 68.6 Å². The van der Waals surface area contributed by atoms with Gasteiger partial charge in [-0.25, -0.2) is 9.48 Å². The maximum absolute atomic E-state index is 11.7. The number of hydrogen-bond acceptors (Lipinski definition) is 6. The first kappa shape index (κ1) is 14.2. The van der Waals surface area contributed by atoms with E-state index < -0.39 is 0 Å². The number of nitrogens with zero attached hydrogens (tertiary/aromatic N) is 3. The van der Waals surface area contributed by atoms with E-state index in [0.717, 1.165) is 11.4 Å². The largest absolute Gasteiger partial charge is 0.494 e. The molecule has 0 saturated heterocycles. The first-order valence-corrected chi connectivity index (χ1v) is 7.08. The van der Waals surface area contributed by atoms with Crippen molar-refractivity contribution in [3.63, 3.8) is 0 Å². The zero-order chi connectivity index (χ0) is 15.5. The number of carbonyl (C=O) groups is 1. The molecule has 1 aromatic heterocycles. The van der Waals surface area contributed by atoms with Crippen LogP contribution in [-0.2, 0) is 11.4 Å². The van der Waals surface area contributed by atoms with Crippen molar-refractivity contribution in [2.75, 3.05) is 30.6 Å². The van der Waals surface area contributed by atoms with Gasteiger partial charge in [0.2, 0.25) is 0 Å². The molecule has 3 rings (SSSR count). The smallest absolute Gasteiger partial charge is 0.343 e. The number of hydrogen-bond donors (Lipinski definition) is 1. The number of ether oxygens (including phenoxy) is 2. The number of aromatic nitrogens is 2. The van der Waals surface area contributed by atoms with E-state index in [9.17, 15) is 4.79 Å². The van der Waals surface area contributed by atoms with Crippen LogP contribution in [0, 0.1) is 0 Å². The van der Waals surface area contributed by atoms with Crippen molar-refractivity contribution in [2.45, 2.75) is 13.6 Å². The highest BCUT2D eigenvalue weighted by Crippen LogP contribution is 2.25. The summed E-state index contributed by atoms with van der Waals surface area (Å²) in [4.78, 5) is 13.8. The van der Waals surface area contributed by atoms with Crippen LogP contribution in [0.4, 0.5) is 11.5 Å². The average molecular weight is 302 g/mol. The van der Waals surface area contributed by atoms with Crippen LogP contribution in [0.3, 0.4) is 0 Å². The first-order chi connectivity index (χ1) is 10.7. The Labute approximate surface area is 128 Å². The summed E-state index contributed by atoms with van der Waals surface area (Å²) in [5.74, 6) is 1.15. The minimum Gasteiger partial charge on any atom is -0.494 e. The summed E-state index contributed by atoms with van der Waals surface area (Å²) < 4.78 is 11.9. The van der Waals surface area contributed by atoms with Crippen molar-refractivity contribution in [2.24, 2.45) is 0 Å². The van der Waals surface area contributed by atoms with Gasteiger partial charge in [-0.2, -0.15) is 5.10 Å². The van der Waals surface area contributed by atoms with Crippen LogP contribution in [0.15, 0.2) is 30.5 Å². The van der Waals surface area contributed by atoms with E-state index in [1.54, 1.807) is 4.68 Å². The van der Waals surface area contributed by atoms with Crippen LogP contribution in [0.1, 0.15) is 17.3 Å². The molecule has 116 valence electrons. The van der Waals surface area contributed by atoms with Gasteiger partial charge in [0.25, 0.3) is 0 Å². The lowest BCUT2D eigenvalue weighted by molar-refractivity contribution is 0.0601. The molecule has 7 nitrogen and oxygen atoms in total. The molecule has 2 aromatic rings. The summed E-state index contributed by atoms with van der Waals surface area (Å²) in [6, 6.07) is 7.89. The lowest BCUT2D eigenvalue weighted by Gasteiger charge is -2.31. The van der Waals surface area contributed by atoms with Gasteiger partial charge in [0.15, 0.2) is 0 Å². The fourth-order valence-electron chi connectivity index (χ4n) is 2.41. The summed E-state index contributed by atoms with van der Waals surface area (Å²) in [6.45, 7) is 3.76. The number of carbonyl (C=O) groups excluding carboxylic acids is 1. The Bertz CT molecular complexity index is 666. The number of rotatable bonds is 4. The number of esters is 1. The number of nitrogens with one attached hydrogen (secondary N) is 1. The second kappa shape index (κ2) is 5.97. The van der Waals surface area contributed by atoms with Crippen LogP contribution >= 0.6 is 0 Å². The molecule has 0 saturated carbocycles. The third kappa shape index (κ3) is 2.57. The van der Waals surface area contributed by atoms with E-state index in [1.807, 2.05) is 31.2 Å². The lowest BCUT2D eigenvalue weighted by Crippen LogP contribution is -2.37. The Hall–Kier alpha value is -2.70. The highest BCUT2D eigenvalue weighted by molar-refractivity contribution is 5.94. The molecule has 1 N–H and O–H groups in total. The molecule has 7 heteroatoms. The first-order valence-electron chi connectivity index (χ1n) is 7.08. The van der Waals surface area contributed by atoms with E-state index in [0.29, 0.717) is 31.3 Å². The Morgan fingerprint density at radius 2 is 2.14 bits per heavy atom. The van der Waals surface area contributed by atoms with E-state index >= 15 is 0 Å². The molecule has 0 amide bonds. The molecule has 1 aromatic carbocycles. The average Bonchev–Trinajstić information content (AvgIpc) is 2.98. The van der Waals surface area contributed by atoms with Crippen molar-refractivity contribution < 1.29 is 14.3 Å². The van der Waals surface area contributed by atoms with Crippen molar-refractivity contribution in [3.05, 3.63) is 36.0 Å². The van der Waals surface area contributed by atoms with Crippen molar-refractivity contribution in [1.82, 2.24) is 9.78 Å². The molecule has 2 heterocycles. The number of benzene rings is 1. The van der Waals surface area contributed by atoms with Gasteiger partial charge in [0, 0.05) is 5.69 Å². The predicted molar refractivity (Wildman–Crippen MR) is 82.1 cm³/mol. The second-order valence-electron chi connectivity index (χ2n) is 4.84. The molecule has 0 aliphatic carbocycles. The van der Waals surface area contributed by atoms with Crippen LogP contribution in [0.25, 0.3) is 0 Å². The molecule has 22 heavy (non-hydrogen) atoms. The van der Waals surface area contributed by atoms with Crippen LogP contribution in [0.5, 0.6) is 5.75 Å². The van der Waals surface area contributed by atoms with Crippen molar-refractivity contribution in [3.8, 4) is 5.75 Å². The zero-order valence-corrected chi connectivity index (χ0v) is 12.6. The van der Waals surface area contributed by atoms with Gasteiger partial charge < -0.3 is 19.7 Å². The lowest BCUT2D eigenvalue weighted by atomic mass is 10.2. The van der Waals surface area contributed by atoms with E-state index in [1.165, 1.54) is 13.3 Å². The van der Waals surface area contributed by atoms with Crippen LogP contribution < -0.4 is 15.0 Å². The minimum absolute atomic E-state index is 0.386. The molecule has 0 fully saturated rings. The molecule has 0 spiro atoms. The molecular weight excluding hydrogens is 284 g/mol. The third-order valence-electron chi connectivity index (χ3n) is 3.50. The molecule has 0 bridgehead atoms. The zero-order valence-electron chi connectivity index (χ0n) is 12.6. The molecule has 0 atom stereocenters. The number of anilines is 2. The summed E-state index contributed by atoms with van der Waals surface area (Å²) in [5, 5.41) is 7.44. The highest BCUT2D eigenvalue weighted by Gasteiger charge is 2.23. The number of fused-ring (bicyclic) bond motifs is 1. The second-order valence-corrected chi connectivity index (χ2v) is 4.84. The van der Waals surface area contributed by atoms with Crippen molar-refractivity contribution in [1.29, 1.82) is 0 Å². The van der Waals surface area contributed by atoms with Gasteiger partial charge in [-0.05, 0) is 31.2 Å².